The number of ketones is 1. The summed E-state index contributed by atoms with van der Waals surface area (Å²) in [6.45, 7) is 5.48. The van der Waals surface area contributed by atoms with Crippen LogP contribution in [0.3, 0.4) is 0 Å². The molecular weight excluding hydrogens is 450 g/mol. The predicted molar refractivity (Wildman–Crippen MR) is 130 cm³/mol. The van der Waals surface area contributed by atoms with Crippen molar-refractivity contribution in [2.24, 2.45) is 0 Å². The van der Waals surface area contributed by atoms with Crippen molar-refractivity contribution in [3.63, 3.8) is 0 Å². The Labute approximate surface area is 204 Å². The van der Waals surface area contributed by atoms with Crippen LogP contribution >= 0.6 is 0 Å². The molecular formula is C27H30NO7+. The molecule has 0 aliphatic carbocycles. The molecule has 0 fully saturated rings. The summed E-state index contributed by atoms with van der Waals surface area (Å²) in [5.74, 6) is 1.66. The molecule has 2 aromatic rings. The molecule has 2 aromatic carbocycles. The third kappa shape index (κ3) is 5.02. The summed E-state index contributed by atoms with van der Waals surface area (Å²) < 4.78 is 28.0. The number of carbonyl (C=O) groups is 2. The van der Waals surface area contributed by atoms with Gasteiger partial charge in [-0.25, -0.2) is 4.79 Å². The maximum Gasteiger partial charge on any atom is 0.361 e. The first-order valence-corrected chi connectivity index (χ1v) is 11.4. The third-order valence-electron chi connectivity index (χ3n) is 6.29. The number of nitrogens with zero attached hydrogens (tertiary/aromatic N) is 1. The molecule has 1 atom stereocenters. The lowest BCUT2D eigenvalue weighted by Crippen LogP contribution is -2.51. The second-order valence-corrected chi connectivity index (χ2v) is 8.78. The van der Waals surface area contributed by atoms with Crippen molar-refractivity contribution in [2.45, 2.75) is 13.0 Å². The molecule has 8 nitrogen and oxygen atoms in total. The molecule has 0 aromatic heterocycles. The van der Waals surface area contributed by atoms with Crippen LogP contribution in [-0.4, -0.2) is 64.0 Å². The van der Waals surface area contributed by atoms with Crippen molar-refractivity contribution in [2.75, 3.05) is 47.8 Å². The van der Waals surface area contributed by atoms with Crippen molar-refractivity contribution in [1.29, 1.82) is 0 Å². The van der Waals surface area contributed by atoms with Crippen LogP contribution in [0.4, 0.5) is 0 Å². The van der Waals surface area contributed by atoms with Gasteiger partial charge in [-0.1, -0.05) is 30.9 Å². The molecule has 0 saturated carbocycles. The maximum absolute atomic E-state index is 13.5. The van der Waals surface area contributed by atoms with E-state index in [1.165, 1.54) is 7.11 Å². The molecule has 35 heavy (non-hydrogen) atoms. The SMILES string of the molecule is C=CCOc1ccc(/C=C/C(=O)c2c3c(c(OC)c4c2OCO4)C[N@@+](C)(CC(=O)OC)CC3)cc1. The monoisotopic (exact) mass is 480 g/mol. The van der Waals surface area contributed by atoms with Crippen LogP contribution in [0.25, 0.3) is 6.08 Å². The fraction of sp³-hybridized carbons (Fsp3) is 0.333. The van der Waals surface area contributed by atoms with E-state index in [1.807, 2.05) is 31.3 Å². The summed E-state index contributed by atoms with van der Waals surface area (Å²) in [7, 11) is 4.95. The zero-order chi connectivity index (χ0) is 25.0. The molecule has 2 heterocycles. The van der Waals surface area contributed by atoms with Crippen LogP contribution in [-0.2, 0) is 22.5 Å². The van der Waals surface area contributed by atoms with Crippen LogP contribution in [0.1, 0.15) is 27.0 Å². The van der Waals surface area contributed by atoms with Crippen molar-refractivity contribution in [3.05, 3.63) is 65.3 Å². The Kier molecular flexibility index (Phi) is 7.12. The van der Waals surface area contributed by atoms with E-state index in [0.29, 0.717) is 53.4 Å². The molecule has 2 aliphatic rings. The van der Waals surface area contributed by atoms with Crippen LogP contribution in [0.2, 0.25) is 0 Å². The first-order chi connectivity index (χ1) is 16.9. The topological polar surface area (TPSA) is 80.3 Å². The van der Waals surface area contributed by atoms with Gasteiger partial charge in [-0.15, -0.1) is 0 Å². The zero-order valence-corrected chi connectivity index (χ0v) is 20.3. The molecule has 0 N–H and O–H groups in total. The van der Waals surface area contributed by atoms with Gasteiger partial charge in [0.15, 0.2) is 23.8 Å². The predicted octanol–water partition coefficient (Wildman–Crippen LogP) is 3.56. The summed E-state index contributed by atoms with van der Waals surface area (Å²) in [4.78, 5) is 25.5. The first kappa shape index (κ1) is 24.3. The number of quaternary nitrogens is 1. The number of benzene rings is 2. The van der Waals surface area contributed by atoms with Crippen LogP contribution in [0.15, 0.2) is 43.0 Å². The number of likely N-dealkylation sites (N-methyl/N-ethyl adjacent to an activating group) is 1. The molecule has 0 spiro atoms. The number of ether oxygens (including phenoxy) is 5. The molecule has 0 radical (unpaired) electrons. The van der Waals surface area contributed by atoms with Gasteiger partial charge in [0.05, 0.1) is 38.9 Å². The van der Waals surface area contributed by atoms with Gasteiger partial charge in [0.25, 0.3) is 0 Å². The zero-order valence-electron chi connectivity index (χ0n) is 20.3. The van der Waals surface area contributed by atoms with E-state index >= 15 is 0 Å². The average Bonchev–Trinajstić information content (AvgIpc) is 3.34. The number of esters is 1. The van der Waals surface area contributed by atoms with Crippen LogP contribution in [0.5, 0.6) is 23.0 Å². The maximum atomic E-state index is 13.5. The highest BCUT2D eigenvalue weighted by Gasteiger charge is 2.40. The highest BCUT2D eigenvalue weighted by molar-refractivity contribution is 6.11. The van der Waals surface area contributed by atoms with Gasteiger partial charge in [0, 0.05) is 6.42 Å². The minimum Gasteiger partial charge on any atom is -0.492 e. The average molecular weight is 481 g/mol. The van der Waals surface area contributed by atoms with E-state index in [-0.39, 0.29) is 25.1 Å². The Balaban J connectivity index is 1.67. The summed E-state index contributed by atoms with van der Waals surface area (Å²) in [5.41, 5.74) is 3.08. The number of hydrogen-bond donors (Lipinski definition) is 0. The minimum atomic E-state index is -0.282. The lowest BCUT2D eigenvalue weighted by molar-refractivity contribution is -0.917. The summed E-state index contributed by atoms with van der Waals surface area (Å²) in [6.07, 6.45) is 5.57. The van der Waals surface area contributed by atoms with Gasteiger partial charge in [-0.05, 0) is 29.3 Å². The van der Waals surface area contributed by atoms with Gasteiger partial charge >= 0.3 is 5.97 Å². The van der Waals surface area contributed by atoms with E-state index in [2.05, 4.69) is 6.58 Å². The fourth-order valence-corrected chi connectivity index (χ4v) is 4.55. The van der Waals surface area contributed by atoms with Crippen LogP contribution in [0, 0.1) is 0 Å². The first-order valence-electron chi connectivity index (χ1n) is 11.4. The molecule has 0 bridgehead atoms. The molecule has 8 heteroatoms. The Morgan fingerprint density at radius 1 is 1.11 bits per heavy atom. The number of rotatable bonds is 9. The van der Waals surface area contributed by atoms with Crippen molar-refractivity contribution in [1.82, 2.24) is 0 Å². The number of allylic oxidation sites excluding steroid dienone is 1. The number of carbonyl (C=O) groups excluding carboxylic acids is 2. The molecule has 4 rings (SSSR count). The van der Waals surface area contributed by atoms with Gasteiger partial charge in [-0.3, -0.25) is 4.79 Å². The fourth-order valence-electron chi connectivity index (χ4n) is 4.55. The molecule has 184 valence electrons. The van der Waals surface area contributed by atoms with E-state index in [9.17, 15) is 9.59 Å². The normalized spacial score (nSPS) is 18.1. The quantitative estimate of drug-likeness (QED) is 0.179. The number of hydrogen-bond acceptors (Lipinski definition) is 7. The Morgan fingerprint density at radius 3 is 2.54 bits per heavy atom. The molecule has 0 unspecified atom stereocenters. The molecule has 2 aliphatic heterocycles. The van der Waals surface area contributed by atoms with Gasteiger partial charge < -0.3 is 28.2 Å². The standard InChI is InChI=1S/C27H30NO7/c1-5-14-33-19-9-6-18(7-10-19)8-11-22(29)24-20-12-13-28(2,16-23(30)31-3)15-21(20)25(32-4)27-26(24)34-17-35-27/h5-11H,1,12-17H2,2-4H3/q+1/b11-8+/t28-/m0/s1. The highest BCUT2D eigenvalue weighted by Crippen LogP contribution is 2.50. The largest absolute Gasteiger partial charge is 0.492 e. The smallest absolute Gasteiger partial charge is 0.361 e. The Hall–Kier alpha value is -3.78. The van der Waals surface area contributed by atoms with Crippen molar-refractivity contribution < 1.29 is 37.8 Å². The summed E-state index contributed by atoms with van der Waals surface area (Å²) >= 11 is 0. The lowest BCUT2D eigenvalue weighted by atomic mass is 9.89. The molecule has 0 saturated heterocycles. The van der Waals surface area contributed by atoms with E-state index in [1.54, 1.807) is 25.3 Å². The molecule has 0 amide bonds. The van der Waals surface area contributed by atoms with Crippen molar-refractivity contribution >= 4 is 17.8 Å². The van der Waals surface area contributed by atoms with Gasteiger partial charge in [0.2, 0.25) is 12.5 Å². The van der Waals surface area contributed by atoms with Crippen molar-refractivity contribution in [3.8, 4) is 23.0 Å². The lowest BCUT2D eigenvalue weighted by Gasteiger charge is -2.38. The Morgan fingerprint density at radius 2 is 1.86 bits per heavy atom. The van der Waals surface area contributed by atoms with Gasteiger partial charge in [-0.2, -0.15) is 0 Å². The minimum absolute atomic E-state index is 0.0129. The number of methoxy groups -OCH3 is 2. The van der Waals surface area contributed by atoms with E-state index in [4.69, 9.17) is 23.7 Å². The summed E-state index contributed by atoms with van der Waals surface area (Å²) in [6, 6.07) is 7.45. The van der Waals surface area contributed by atoms with E-state index < -0.39 is 0 Å². The number of fused-ring (bicyclic) bond motifs is 2. The van der Waals surface area contributed by atoms with E-state index in [0.717, 1.165) is 22.4 Å². The third-order valence-corrected chi connectivity index (χ3v) is 6.29. The van der Waals surface area contributed by atoms with Crippen LogP contribution < -0.4 is 18.9 Å². The highest BCUT2D eigenvalue weighted by atomic mass is 16.7. The van der Waals surface area contributed by atoms with Gasteiger partial charge in [0.1, 0.15) is 18.9 Å². The second-order valence-electron chi connectivity index (χ2n) is 8.78. The Bertz CT molecular complexity index is 1170. The summed E-state index contributed by atoms with van der Waals surface area (Å²) in [5, 5.41) is 0. The second kappa shape index (κ2) is 10.2.